The summed E-state index contributed by atoms with van der Waals surface area (Å²) in [5.74, 6) is -0.0185. The molecule has 1 amide bonds. The maximum atomic E-state index is 14.4. The number of aromatic nitrogens is 1. The highest BCUT2D eigenvalue weighted by molar-refractivity contribution is 5.96. The molecule has 0 radical (unpaired) electrons. The van der Waals surface area contributed by atoms with Crippen LogP contribution in [0.15, 0.2) is 36.4 Å². The zero-order chi connectivity index (χ0) is 19.2. The smallest absolute Gasteiger partial charge is 0.256 e. The van der Waals surface area contributed by atoms with Gasteiger partial charge in [0.05, 0.1) is 20.3 Å². The van der Waals surface area contributed by atoms with E-state index in [4.69, 9.17) is 9.47 Å². The predicted octanol–water partition coefficient (Wildman–Crippen LogP) is 2.80. The van der Waals surface area contributed by atoms with E-state index in [0.717, 1.165) is 25.9 Å². The van der Waals surface area contributed by atoms with Gasteiger partial charge in [-0.1, -0.05) is 18.2 Å². The summed E-state index contributed by atoms with van der Waals surface area (Å²) in [5, 5.41) is 2.91. The summed E-state index contributed by atoms with van der Waals surface area (Å²) >= 11 is 0. The van der Waals surface area contributed by atoms with Gasteiger partial charge in [0.15, 0.2) is 0 Å². The number of carbonyl (C=O) groups excluding carboxylic acids is 1. The van der Waals surface area contributed by atoms with Crippen molar-refractivity contribution in [1.29, 1.82) is 0 Å². The Balaban J connectivity index is 1.77. The van der Waals surface area contributed by atoms with Crippen LogP contribution in [0.3, 0.4) is 0 Å². The average molecular weight is 373 g/mol. The molecule has 2 aromatic rings. The molecule has 1 fully saturated rings. The van der Waals surface area contributed by atoms with Gasteiger partial charge >= 0.3 is 0 Å². The highest BCUT2D eigenvalue weighted by atomic mass is 19.1. The Hall–Kier alpha value is -2.67. The molecule has 3 rings (SSSR count). The molecule has 0 saturated carbocycles. The van der Waals surface area contributed by atoms with Gasteiger partial charge in [-0.15, -0.1) is 0 Å². The van der Waals surface area contributed by atoms with Gasteiger partial charge in [0.25, 0.3) is 5.91 Å². The third-order valence-electron chi connectivity index (χ3n) is 4.78. The van der Waals surface area contributed by atoms with Crippen LogP contribution in [0.2, 0.25) is 0 Å². The van der Waals surface area contributed by atoms with Crippen molar-refractivity contribution < 1.29 is 18.7 Å². The molecule has 1 N–H and O–H groups in total. The van der Waals surface area contributed by atoms with Crippen LogP contribution in [0, 0.1) is 5.82 Å². The van der Waals surface area contributed by atoms with Crippen LogP contribution in [-0.4, -0.2) is 49.6 Å². The largest absolute Gasteiger partial charge is 0.481 e. The number of likely N-dealkylation sites (tertiary alicyclic amines) is 1. The Bertz CT molecular complexity index is 794. The first kappa shape index (κ1) is 19.1. The first-order valence-electron chi connectivity index (χ1n) is 8.99. The second kappa shape index (κ2) is 8.81. The summed E-state index contributed by atoms with van der Waals surface area (Å²) in [4.78, 5) is 19.0. The maximum absolute atomic E-state index is 14.4. The van der Waals surface area contributed by atoms with Crippen molar-refractivity contribution in [2.75, 3.05) is 33.9 Å². The number of pyridine rings is 1. The van der Waals surface area contributed by atoms with E-state index in [2.05, 4.69) is 15.2 Å². The summed E-state index contributed by atoms with van der Waals surface area (Å²) < 4.78 is 24.6. The molecule has 0 bridgehead atoms. The Morgan fingerprint density at radius 3 is 2.59 bits per heavy atom. The van der Waals surface area contributed by atoms with Gasteiger partial charge in [0.2, 0.25) is 11.8 Å². The molecule has 0 spiro atoms. The first-order chi connectivity index (χ1) is 13.1. The van der Waals surface area contributed by atoms with Crippen molar-refractivity contribution in [2.45, 2.75) is 18.9 Å². The van der Waals surface area contributed by atoms with Crippen LogP contribution in [0.5, 0.6) is 11.8 Å². The summed E-state index contributed by atoms with van der Waals surface area (Å²) in [5.41, 5.74) is 0.909. The van der Waals surface area contributed by atoms with Gasteiger partial charge in [0.1, 0.15) is 11.4 Å². The minimum Gasteiger partial charge on any atom is -0.481 e. The predicted molar refractivity (Wildman–Crippen MR) is 99.6 cm³/mol. The molecule has 1 aromatic carbocycles. The number of rotatable bonds is 7. The third kappa shape index (κ3) is 4.36. The molecule has 0 unspecified atom stereocenters. The summed E-state index contributed by atoms with van der Waals surface area (Å²) in [7, 11) is 2.95. The van der Waals surface area contributed by atoms with E-state index < -0.39 is 0 Å². The van der Waals surface area contributed by atoms with Gasteiger partial charge in [0, 0.05) is 18.2 Å². The van der Waals surface area contributed by atoms with Gasteiger partial charge < -0.3 is 14.8 Å². The van der Waals surface area contributed by atoms with E-state index in [1.165, 1.54) is 20.3 Å². The summed E-state index contributed by atoms with van der Waals surface area (Å²) in [6.07, 6.45) is 2.16. The van der Waals surface area contributed by atoms with E-state index in [0.29, 0.717) is 23.6 Å². The number of hydrogen-bond acceptors (Lipinski definition) is 5. The Morgan fingerprint density at radius 1 is 1.19 bits per heavy atom. The number of methoxy groups -OCH3 is 2. The lowest BCUT2D eigenvalue weighted by Gasteiger charge is -2.28. The number of nitrogens with one attached hydrogen (secondary N) is 1. The number of hydrogen-bond donors (Lipinski definition) is 1. The SMILES string of the molecule is COc1ccc(C(=O)NC[C@@H](c2ccccc2F)N2CCCC2)c(OC)n1. The molecule has 2 heterocycles. The molecule has 1 aliphatic heterocycles. The van der Waals surface area contributed by atoms with Crippen molar-refractivity contribution in [2.24, 2.45) is 0 Å². The normalized spacial score (nSPS) is 15.4. The Morgan fingerprint density at radius 2 is 1.93 bits per heavy atom. The van der Waals surface area contributed by atoms with Crippen LogP contribution >= 0.6 is 0 Å². The number of ether oxygens (including phenoxy) is 2. The number of carbonyl (C=O) groups is 1. The fraction of sp³-hybridized carbons (Fsp3) is 0.400. The second-order valence-corrected chi connectivity index (χ2v) is 6.40. The maximum Gasteiger partial charge on any atom is 0.256 e. The topological polar surface area (TPSA) is 63.7 Å². The number of benzene rings is 1. The zero-order valence-corrected chi connectivity index (χ0v) is 15.6. The summed E-state index contributed by atoms with van der Waals surface area (Å²) in [6, 6.07) is 9.72. The molecule has 1 saturated heterocycles. The Kier molecular flexibility index (Phi) is 6.24. The zero-order valence-electron chi connectivity index (χ0n) is 15.6. The molecule has 27 heavy (non-hydrogen) atoms. The molecular weight excluding hydrogens is 349 g/mol. The van der Waals surface area contributed by atoms with E-state index in [1.54, 1.807) is 24.3 Å². The quantitative estimate of drug-likeness (QED) is 0.809. The van der Waals surface area contributed by atoms with Crippen molar-refractivity contribution in [3.63, 3.8) is 0 Å². The molecule has 1 aliphatic rings. The van der Waals surface area contributed by atoms with Crippen LogP contribution < -0.4 is 14.8 Å². The van der Waals surface area contributed by atoms with E-state index in [9.17, 15) is 9.18 Å². The lowest BCUT2D eigenvalue weighted by molar-refractivity contribution is 0.0933. The van der Waals surface area contributed by atoms with Crippen LogP contribution in [0.4, 0.5) is 4.39 Å². The highest BCUT2D eigenvalue weighted by Gasteiger charge is 2.26. The lowest BCUT2D eigenvalue weighted by atomic mass is 10.0. The van der Waals surface area contributed by atoms with E-state index in [-0.39, 0.29) is 23.6 Å². The average Bonchev–Trinajstić information content (AvgIpc) is 3.23. The molecular formula is C20H24FN3O3. The molecule has 1 aromatic heterocycles. The summed E-state index contributed by atoms with van der Waals surface area (Å²) in [6.45, 7) is 2.08. The minimum atomic E-state index is -0.317. The van der Waals surface area contributed by atoms with Gasteiger partial charge in [-0.3, -0.25) is 9.69 Å². The highest BCUT2D eigenvalue weighted by Crippen LogP contribution is 2.27. The van der Waals surface area contributed by atoms with Crippen molar-refractivity contribution in [3.8, 4) is 11.8 Å². The van der Waals surface area contributed by atoms with Gasteiger partial charge in [-0.25, -0.2) is 4.39 Å². The number of halogens is 1. The van der Waals surface area contributed by atoms with Crippen molar-refractivity contribution in [3.05, 3.63) is 53.3 Å². The van der Waals surface area contributed by atoms with Crippen LogP contribution in [0.1, 0.15) is 34.8 Å². The van der Waals surface area contributed by atoms with E-state index >= 15 is 0 Å². The van der Waals surface area contributed by atoms with Crippen molar-refractivity contribution >= 4 is 5.91 Å². The van der Waals surface area contributed by atoms with Crippen LogP contribution in [0.25, 0.3) is 0 Å². The fourth-order valence-electron chi connectivity index (χ4n) is 3.38. The standard InChI is InChI=1S/C20H24FN3O3/c1-26-18-10-9-15(20(23-18)27-2)19(25)22-13-17(24-11-5-6-12-24)14-7-3-4-8-16(14)21/h3-4,7-10,17H,5-6,11-13H2,1-2H3,(H,22,25)/t17-/m0/s1. The van der Waals surface area contributed by atoms with Gasteiger partial charge in [-0.2, -0.15) is 4.98 Å². The molecule has 7 heteroatoms. The lowest BCUT2D eigenvalue weighted by Crippen LogP contribution is -2.37. The minimum absolute atomic E-state index is 0.190. The molecule has 6 nitrogen and oxygen atoms in total. The molecule has 0 aliphatic carbocycles. The molecule has 1 atom stereocenters. The number of amides is 1. The van der Waals surface area contributed by atoms with E-state index in [1.807, 2.05) is 6.07 Å². The number of nitrogens with zero attached hydrogens (tertiary/aromatic N) is 2. The third-order valence-corrected chi connectivity index (χ3v) is 4.78. The molecule has 144 valence electrons. The van der Waals surface area contributed by atoms with Crippen molar-refractivity contribution in [1.82, 2.24) is 15.2 Å². The fourth-order valence-corrected chi connectivity index (χ4v) is 3.38. The van der Waals surface area contributed by atoms with Crippen LogP contribution in [-0.2, 0) is 0 Å². The second-order valence-electron chi connectivity index (χ2n) is 6.40. The monoisotopic (exact) mass is 373 g/mol. The van der Waals surface area contributed by atoms with Gasteiger partial charge in [-0.05, 0) is 38.1 Å². The first-order valence-corrected chi connectivity index (χ1v) is 8.99. The Labute approximate surface area is 158 Å².